The Morgan fingerprint density at radius 2 is 1.50 bits per heavy atom. The Bertz CT molecular complexity index is 10.8. The molecule has 0 atom stereocenters. The molecule has 0 aromatic heterocycles. The van der Waals surface area contributed by atoms with E-state index in [0.29, 0.717) is 0 Å². The molecule has 0 bridgehead atoms. The van der Waals surface area contributed by atoms with E-state index in [2.05, 4.69) is 5.32 Å². The van der Waals surface area contributed by atoms with Crippen molar-refractivity contribution in [3.63, 3.8) is 0 Å². The minimum absolute atomic E-state index is 0. The van der Waals surface area contributed by atoms with Gasteiger partial charge in [0.15, 0.2) is 0 Å². The van der Waals surface area contributed by atoms with Crippen molar-refractivity contribution in [3.8, 4) is 0 Å². The van der Waals surface area contributed by atoms with E-state index in [4.69, 9.17) is 0 Å². The fraction of sp³-hybridized carbons (Fsp3) is 1.00. The summed E-state index contributed by atoms with van der Waals surface area (Å²) in [6.07, 6.45) is 0. The molecule has 1 fully saturated rings. The molecular formula is C2H6NNa. The summed E-state index contributed by atoms with van der Waals surface area (Å²) in [5.74, 6) is 0. The Labute approximate surface area is 48.1 Å². The molecule has 4 heavy (non-hydrogen) atoms. The summed E-state index contributed by atoms with van der Waals surface area (Å²) in [5, 5.41) is 3.00. The average molecular weight is 67.1 g/mol. The van der Waals surface area contributed by atoms with E-state index in [1.807, 2.05) is 0 Å². The van der Waals surface area contributed by atoms with Crippen molar-refractivity contribution in [2.45, 2.75) is 0 Å². The van der Waals surface area contributed by atoms with Gasteiger partial charge in [-0.3, -0.25) is 0 Å². The molecule has 1 N–H and O–H groups in total. The van der Waals surface area contributed by atoms with Gasteiger partial charge in [0.1, 0.15) is 0 Å². The van der Waals surface area contributed by atoms with Crippen LogP contribution in [0.1, 0.15) is 0 Å². The van der Waals surface area contributed by atoms with Gasteiger partial charge in [0.2, 0.25) is 0 Å². The number of rotatable bonds is 0. The van der Waals surface area contributed by atoms with Crippen LogP contribution in [0.3, 0.4) is 0 Å². The van der Waals surface area contributed by atoms with Crippen LogP contribution >= 0.6 is 0 Å². The van der Waals surface area contributed by atoms with E-state index in [1.165, 1.54) is 13.1 Å². The average Bonchev–Trinajstić information content (AvgIpc) is 1.46. The maximum atomic E-state index is 3.00. The molecule has 20 valence electrons. The van der Waals surface area contributed by atoms with Gasteiger partial charge in [-0.2, -0.15) is 0 Å². The van der Waals surface area contributed by atoms with Crippen LogP contribution in [-0.4, -0.2) is 42.6 Å². The first kappa shape index (κ1) is 4.96. The first-order valence-corrected chi connectivity index (χ1v) is 1.21. The molecule has 1 aliphatic rings. The Kier molecular flexibility index (Phi) is 2.74. The Hall–Kier alpha value is 0.960. The van der Waals surface area contributed by atoms with Crippen molar-refractivity contribution in [1.82, 2.24) is 5.32 Å². The third-order valence-corrected chi connectivity index (χ3v) is 0.250. The van der Waals surface area contributed by atoms with Crippen LogP contribution in [0.25, 0.3) is 0 Å². The van der Waals surface area contributed by atoms with Crippen molar-refractivity contribution in [2.24, 2.45) is 0 Å². The van der Waals surface area contributed by atoms with Gasteiger partial charge in [0, 0.05) is 13.1 Å². The van der Waals surface area contributed by atoms with Gasteiger partial charge in [-0.05, 0) is 0 Å². The van der Waals surface area contributed by atoms with E-state index < -0.39 is 0 Å². The van der Waals surface area contributed by atoms with Gasteiger partial charge >= 0.3 is 29.6 Å². The Morgan fingerprint density at radius 1 is 1.25 bits per heavy atom. The van der Waals surface area contributed by atoms with Crippen molar-refractivity contribution < 1.29 is 0 Å². The molecule has 0 spiro atoms. The predicted molar refractivity (Wildman–Crippen MR) is 20.0 cm³/mol. The number of hydrogen-bond acceptors (Lipinski definition) is 1. The van der Waals surface area contributed by atoms with Gasteiger partial charge in [-0.1, -0.05) is 0 Å². The van der Waals surface area contributed by atoms with Gasteiger partial charge < -0.3 is 5.32 Å². The molecule has 0 unspecified atom stereocenters. The van der Waals surface area contributed by atoms with Crippen molar-refractivity contribution in [1.29, 1.82) is 0 Å². The van der Waals surface area contributed by atoms with E-state index in [1.54, 1.807) is 0 Å². The molecule has 0 aromatic rings. The van der Waals surface area contributed by atoms with Crippen LogP contribution < -0.4 is 5.32 Å². The zero-order valence-corrected chi connectivity index (χ0v) is 1.91. The number of nitrogens with one attached hydrogen (secondary N) is 1. The normalized spacial score (nSPS) is 18.0. The third kappa shape index (κ3) is 2.96. The molecule has 0 radical (unpaired) electrons. The molecule has 1 heterocycles. The summed E-state index contributed by atoms with van der Waals surface area (Å²) in [6.45, 7) is 2.50. The topological polar surface area (TPSA) is 21.9 Å². The maximum absolute atomic E-state index is 3.00. The van der Waals surface area contributed by atoms with Gasteiger partial charge in [-0.25, -0.2) is 0 Å². The van der Waals surface area contributed by atoms with Crippen LogP contribution in [-0.2, 0) is 0 Å². The Balaban J connectivity index is 0.0000000900. The van der Waals surface area contributed by atoms with Crippen LogP contribution in [0.15, 0.2) is 0 Å². The molecule has 2 heteroatoms. The molecule has 0 aliphatic carbocycles. The minimum atomic E-state index is 0. The third-order valence-electron chi connectivity index (χ3n) is 0.250. The first-order valence-electron chi connectivity index (χ1n) is 1.21. The van der Waals surface area contributed by atoms with Gasteiger partial charge in [0.25, 0.3) is 0 Å². The molecule has 0 amide bonds. The van der Waals surface area contributed by atoms with Crippen LogP contribution in [0.5, 0.6) is 0 Å². The quantitative estimate of drug-likeness (QED) is 0.283. The summed E-state index contributed by atoms with van der Waals surface area (Å²) >= 11 is 0. The standard InChI is InChI=1S/C2H5N.Na.H/c1-2-3-1;;/h3H,1-2H2;;. The second-order valence-corrected chi connectivity index (χ2v) is 0.750. The zero-order valence-electron chi connectivity index (χ0n) is 1.91. The monoisotopic (exact) mass is 67.0 g/mol. The van der Waals surface area contributed by atoms with Crippen LogP contribution in [0.4, 0.5) is 0 Å². The summed E-state index contributed by atoms with van der Waals surface area (Å²) < 4.78 is 0. The Morgan fingerprint density at radius 3 is 1.50 bits per heavy atom. The van der Waals surface area contributed by atoms with E-state index in [0.717, 1.165) is 0 Å². The van der Waals surface area contributed by atoms with Crippen molar-refractivity contribution in [2.75, 3.05) is 13.1 Å². The second-order valence-electron chi connectivity index (χ2n) is 0.750. The fourth-order valence-electron chi connectivity index (χ4n) is 0. The van der Waals surface area contributed by atoms with Crippen LogP contribution in [0.2, 0.25) is 0 Å². The number of hydrogen-bond donors (Lipinski definition) is 1. The zero-order chi connectivity index (χ0) is 2.12. The molecule has 1 saturated heterocycles. The molecule has 0 aromatic carbocycles. The fourth-order valence-corrected chi connectivity index (χ4v) is 0. The van der Waals surface area contributed by atoms with Crippen LogP contribution in [0, 0.1) is 0 Å². The predicted octanol–water partition coefficient (Wildman–Crippen LogP) is -1.06. The SMILES string of the molecule is C1CN1.[NaH]. The molecular weight excluding hydrogens is 61.0 g/mol. The molecule has 0 saturated carbocycles. The molecule has 1 aliphatic heterocycles. The molecule has 1 rings (SSSR count). The summed E-state index contributed by atoms with van der Waals surface area (Å²) in [4.78, 5) is 0. The second kappa shape index (κ2) is 2.21. The van der Waals surface area contributed by atoms with Gasteiger partial charge in [0.05, 0.1) is 0 Å². The summed E-state index contributed by atoms with van der Waals surface area (Å²) in [5.41, 5.74) is 0. The van der Waals surface area contributed by atoms with E-state index in [9.17, 15) is 0 Å². The van der Waals surface area contributed by atoms with Crippen molar-refractivity contribution >= 4 is 29.6 Å². The van der Waals surface area contributed by atoms with E-state index >= 15 is 0 Å². The first-order chi connectivity index (χ1) is 1.50. The summed E-state index contributed by atoms with van der Waals surface area (Å²) in [7, 11) is 0. The van der Waals surface area contributed by atoms with Crippen molar-refractivity contribution in [3.05, 3.63) is 0 Å². The molecule has 1 nitrogen and oxygen atoms in total. The summed E-state index contributed by atoms with van der Waals surface area (Å²) in [6, 6.07) is 0. The van der Waals surface area contributed by atoms with E-state index in [-0.39, 0.29) is 29.6 Å². The van der Waals surface area contributed by atoms with Gasteiger partial charge in [-0.15, -0.1) is 0 Å².